The van der Waals surface area contributed by atoms with Crippen LogP contribution in [0.15, 0.2) is 42.7 Å². The van der Waals surface area contributed by atoms with Gasteiger partial charge in [0.15, 0.2) is 0 Å². The standard InChI is InChI=1S/C21H23N3O2/c1-4-5-6-20(25)23-17-9-7-16(8-10-17)21(26)24-13-22-18-11-14(2)15(3)12-19(18)24/h7-13H,4-6H2,1-3H3,(H,23,25). The van der Waals surface area contributed by atoms with E-state index in [9.17, 15) is 9.59 Å². The molecular formula is C21H23N3O2. The number of nitrogens with one attached hydrogen (secondary N) is 1. The number of aryl methyl sites for hydroxylation is 2. The van der Waals surface area contributed by atoms with Crippen LogP contribution in [0.4, 0.5) is 5.69 Å². The summed E-state index contributed by atoms with van der Waals surface area (Å²) in [5, 5.41) is 2.85. The van der Waals surface area contributed by atoms with Gasteiger partial charge in [-0.25, -0.2) is 4.98 Å². The maximum atomic E-state index is 12.8. The number of hydrogen-bond acceptors (Lipinski definition) is 3. The Kier molecular flexibility index (Phi) is 5.16. The molecule has 0 aliphatic heterocycles. The van der Waals surface area contributed by atoms with Crippen LogP contribution in [0.2, 0.25) is 0 Å². The molecule has 2 aromatic carbocycles. The molecule has 0 spiro atoms. The van der Waals surface area contributed by atoms with E-state index < -0.39 is 0 Å². The molecule has 134 valence electrons. The summed E-state index contributed by atoms with van der Waals surface area (Å²) >= 11 is 0. The van der Waals surface area contributed by atoms with E-state index in [0.717, 1.165) is 35.0 Å². The first kappa shape index (κ1) is 17.9. The van der Waals surface area contributed by atoms with E-state index in [1.807, 2.05) is 26.0 Å². The molecule has 0 aliphatic carbocycles. The lowest BCUT2D eigenvalue weighted by Gasteiger charge is -2.07. The summed E-state index contributed by atoms with van der Waals surface area (Å²) in [6.45, 7) is 6.10. The summed E-state index contributed by atoms with van der Waals surface area (Å²) in [5.74, 6) is -0.142. The lowest BCUT2D eigenvalue weighted by molar-refractivity contribution is -0.116. The van der Waals surface area contributed by atoms with Gasteiger partial charge in [-0.05, 0) is 67.8 Å². The molecular weight excluding hydrogens is 326 g/mol. The van der Waals surface area contributed by atoms with Gasteiger partial charge in [0.1, 0.15) is 6.33 Å². The number of benzene rings is 2. The zero-order chi connectivity index (χ0) is 18.7. The van der Waals surface area contributed by atoms with Crippen LogP contribution in [0, 0.1) is 13.8 Å². The van der Waals surface area contributed by atoms with Gasteiger partial charge in [0, 0.05) is 17.7 Å². The van der Waals surface area contributed by atoms with E-state index in [-0.39, 0.29) is 11.8 Å². The number of carbonyl (C=O) groups excluding carboxylic acids is 2. The van der Waals surface area contributed by atoms with Gasteiger partial charge < -0.3 is 5.32 Å². The lowest BCUT2D eigenvalue weighted by atomic mass is 10.1. The molecule has 3 rings (SSSR count). The monoisotopic (exact) mass is 349 g/mol. The van der Waals surface area contributed by atoms with Crippen molar-refractivity contribution in [3.05, 3.63) is 59.4 Å². The molecule has 0 atom stereocenters. The van der Waals surface area contributed by atoms with Crippen molar-refractivity contribution in [2.75, 3.05) is 5.32 Å². The van der Waals surface area contributed by atoms with Crippen molar-refractivity contribution >= 4 is 28.5 Å². The van der Waals surface area contributed by atoms with Crippen LogP contribution in [-0.4, -0.2) is 21.4 Å². The van der Waals surface area contributed by atoms with Crippen LogP contribution in [-0.2, 0) is 4.79 Å². The predicted octanol–water partition coefficient (Wildman–Crippen LogP) is 4.47. The minimum atomic E-state index is -0.139. The number of unbranched alkanes of at least 4 members (excludes halogenated alkanes) is 1. The molecule has 1 amide bonds. The highest BCUT2D eigenvalue weighted by atomic mass is 16.2. The molecule has 0 unspecified atom stereocenters. The minimum absolute atomic E-state index is 0.00243. The molecule has 5 nitrogen and oxygen atoms in total. The highest BCUT2D eigenvalue weighted by molar-refractivity contribution is 6.01. The molecule has 1 N–H and O–H groups in total. The van der Waals surface area contributed by atoms with Crippen molar-refractivity contribution < 1.29 is 9.59 Å². The number of amides is 1. The Morgan fingerprint density at radius 2 is 1.77 bits per heavy atom. The summed E-state index contributed by atoms with van der Waals surface area (Å²) in [6, 6.07) is 10.9. The quantitative estimate of drug-likeness (QED) is 0.739. The van der Waals surface area contributed by atoms with Crippen molar-refractivity contribution in [3.63, 3.8) is 0 Å². The Hall–Kier alpha value is -2.95. The van der Waals surface area contributed by atoms with Crippen LogP contribution in [0.3, 0.4) is 0 Å². The average Bonchev–Trinajstić information content (AvgIpc) is 3.03. The van der Waals surface area contributed by atoms with Gasteiger partial charge in [0.25, 0.3) is 5.91 Å². The third-order valence-electron chi connectivity index (χ3n) is 4.55. The summed E-state index contributed by atoms with van der Waals surface area (Å²) in [7, 11) is 0. The van der Waals surface area contributed by atoms with E-state index in [0.29, 0.717) is 17.7 Å². The van der Waals surface area contributed by atoms with Crippen molar-refractivity contribution in [1.29, 1.82) is 0 Å². The Labute approximate surface area is 153 Å². The molecule has 3 aromatic rings. The fraction of sp³-hybridized carbons (Fsp3) is 0.286. The maximum absolute atomic E-state index is 12.8. The number of rotatable bonds is 5. The molecule has 0 fully saturated rings. The van der Waals surface area contributed by atoms with Crippen molar-refractivity contribution in [3.8, 4) is 0 Å². The largest absolute Gasteiger partial charge is 0.326 e. The molecule has 1 aromatic heterocycles. The molecule has 26 heavy (non-hydrogen) atoms. The van der Waals surface area contributed by atoms with E-state index in [1.54, 1.807) is 35.2 Å². The third kappa shape index (κ3) is 3.67. The number of carbonyl (C=O) groups is 2. The summed E-state index contributed by atoms with van der Waals surface area (Å²) < 4.78 is 1.57. The summed E-state index contributed by atoms with van der Waals surface area (Å²) in [6.07, 6.45) is 3.93. The van der Waals surface area contributed by atoms with Gasteiger partial charge in [0.05, 0.1) is 11.0 Å². The van der Waals surface area contributed by atoms with Crippen LogP contribution in [0.1, 0.15) is 47.7 Å². The van der Waals surface area contributed by atoms with E-state index >= 15 is 0 Å². The molecule has 0 aliphatic rings. The van der Waals surface area contributed by atoms with E-state index in [4.69, 9.17) is 0 Å². The molecule has 1 heterocycles. The molecule has 0 saturated carbocycles. The van der Waals surface area contributed by atoms with Gasteiger partial charge in [-0.2, -0.15) is 0 Å². The highest BCUT2D eigenvalue weighted by Gasteiger charge is 2.13. The summed E-state index contributed by atoms with van der Waals surface area (Å²) in [5.41, 5.74) is 5.13. The van der Waals surface area contributed by atoms with Gasteiger partial charge in [-0.3, -0.25) is 14.2 Å². The SMILES string of the molecule is CCCCC(=O)Nc1ccc(C(=O)n2cnc3cc(C)c(C)cc32)cc1. The fourth-order valence-corrected chi connectivity index (χ4v) is 2.82. The van der Waals surface area contributed by atoms with Crippen LogP contribution in [0.5, 0.6) is 0 Å². The topological polar surface area (TPSA) is 64.0 Å². The Morgan fingerprint density at radius 1 is 1.08 bits per heavy atom. The number of anilines is 1. The minimum Gasteiger partial charge on any atom is -0.326 e. The predicted molar refractivity (Wildman–Crippen MR) is 104 cm³/mol. The smallest absolute Gasteiger partial charge is 0.263 e. The van der Waals surface area contributed by atoms with Gasteiger partial charge >= 0.3 is 0 Å². The number of imidazole rings is 1. The zero-order valence-electron chi connectivity index (χ0n) is 15.4. The number of hydrogen-bond donors (Lipinski definition) is 1. The second-order valence-corrected chi connectivity index (χ2v) is 6.57. The highest BCUT2D eigenvalue weighted by Crippen LogP contribution is 2.20. The molecule has 0 bridgehead atoms. The Morgan fingerprint density at radius 3 is 2.46 bits per heavy atom. The van der Waals surface area contributed by atoms with Crippen molar-refractivity contribution in [2.45, 2.75) is 40.0 Å². The van der Waals surface area contributed by atoms with E-state index in [2.05, 4.69) is 17.2 Å². The first-order valence-electron chi connectivity index (χ1n) is 8.88. The van der Waals surface area contributed by atoms with Crippen LogP contribution >= 0.6 is 0 Å². The number of nitrogens with zero attached hydrogens (tertiary/aromatic N) is 2. The first-order valence-corrected chi connectivity index (χ1v) is 8.88. The number of aromatic nitrogens is 2. The fourth-order valence-electron chi connectivity index (χ4n) is 2.82. The van der Waals surface area contributed by atoms with Gasteiger partial charge in [0.2, 0.25) is 5.91 Å². The van der Waals surface area contributed by atoms with Crippen LogP contribution < -0.4 is 5.32 Å². The third-order valence-corrected chi connectivity index (χ3v) is 4.55. The maximum Gasteiger partial charge on any atom is 0.263 e. The zero-order valence-corrected chi connectivity index (χ0v) is 15.4. The second kappa shape index (κ2) is 7.52. The van der Waals surface area contributed by atoms with Gasteiger partial charge in [-0.15, -0.1) is 0 Å². The molecule has 0 radical (unpaired) electrons. The van der Waals surface area contributed by atoms with Gasteiger partial charge in [-0.1, -0.05) is 13.3 Å². The second-order valence-electron chi connectivity index (χ2n) is 6.57. The van der Waals surface area contributed by atoms with Crippen LogP contribution in [0.25, 0.3) is 11.0 Å². The Balaban J connectivity index is 1.80. The lowest BCUT2D eigenvalue weighted by Crippen LogP contribution is -2.13. The molecule has 5 heteroatoms. The molecule has 0 saturated heterocycles. The first-order chi connectivity index (χ1) is 12.5. The summed E-state index contributed by atoms with van der Waals surface area (Å²) in [4.78, 5) is 29.0. The van der Waals surface area contributed by atoms with E-state index in [1.165, 1.54) is 0 Å². The average molecular weight is 349 g/mol. The Bertz CT molecular complexity index is 955. The normalized spacial score (nSPS) is 10.9. The number of fused-ring (bicyclic) bond motifs is 1. The van der Waals surface area contributed by atoms with Crippen molar-refractivity contribution in [2.24, 2.45) is 0 Å². The van der Waals surface area contributed by atoms with Crippen molar-refractivity contribution in [1.82, 2.24) is 9.55 Å².